The van der Waals surface area contributed by atoms with Crippen LogP contribution in [0.1, 0.15) is 22.8 Å². The summed E-state index contributed by atoms with van der Waals surface area (Å²) in [5.74, 6) is 0.0680. The zero-order valence-electron chi connectivity index (χ0n) is 20.1. The van der Waals surface area contributed by atoms with Gasteiger partial charge in [-0.3, -0.25) is 4.79 Å². The largest absolute Gasteiger partial charge is 0.480 e. The normalized spacial score (nSPS) is 11.9. The summed E-state index contributed by atoms with van der Waals surface area (Å²) in [7, 11) is 0. The summed E-state index contributed by atoms with van der Waals surface area (Å²) in [5, 5.41) is 7.89. The summed E-state index contributed by atoms with van der Waals surface area (Å²) in [6, 6.07) is 33.6. The molecule has 0 spiro atoms. The average molecular weight is 489 g/mol. The molecule has 0 aromatic heterocycles. The Morgan fingerprint density at radius 2 is 1.38 bits per heavy atom. The highest BCUT2D eigenvalue weighted by atomic mass is 16.5. The van der Waals surface area contributed by atoms with Crippen LogP contribution in [-0.4, -0.2) is 24.2 Å². The van der Waals surface area contributed by atoms with Crippen molar-refractivity contribution < 1.29 is 19.1 Å². The zero-order chi connectivity index (χ0) is 25.6. The molecule has 0 heterocycles. The van der Waals surface area contributed by atoms with Gasteiger partial charge in [-0.1, -0.05) is 84.9 Å². The van der Waals surface area contributed by atoms with Gasteiger partial charge >= 0.3 is 5.97 Å². The van der Waals surface area contributed by atoms with Gasteiger partial charge in [0.15, 0.2) is 6.10 Å². The van der Waals surface area contributed by atoms with Gasteiger partial charge in [0, 0.05) is 10.9 Å². The lowest BCUT2D eigenvalue weighted by molar-refractivity contribution is -0.127. The van der Waals surface area contributed by atoms with E-state index in [1.54, 1.807) is 37.3 Å². The Bertz CT molecular complexity index is 1610. The first kappa shape index (κ1) is 23.8. The molecule has 0 radical (unpaired) electrons. The molecular formula is C31H24N2O4. The van der Waals surface area contributed by atoms with Crippen molar-refractivity contribution in [2.75, 3.05) is 0 Å². The van der Waals surface area contributed by atoms with Crippen LogP contribution in [0.25, 0.3) is 21.5 Å². The molecule has 1 N–H and O–H groups in total. The van der Waals surface area contributed by atoms with Crippen molar-refractivity contribution in [1.29, 1.82) is 0 Å². The first-order chi connectivity index (χ1) is 18.1. The minimum Gasteiger partial charge on any atom is -0.480 e. The third kappa shape index (κ3) is 5.33. The number of esters is 1. The Balaban J connectivity index is 1.35. The van der Waals surface area contributed by atoms with Gasteiger partial charge in [-0.15, -0.1) is 0 Å². The maximum atomic E-state index is 12.7. The number of hydrazone groups is 1. The topological polar surface area (TPSA) is 77.0 Å². The highest BCUT2D eigenvalue weighted by molar-refractivity contribution is 6.04. The van der Waals surface area contributed by atoms with Crippen molar-refractivity contribution >= 4 is 39.6 Å². The van der Waals surface area contributed by atoms with Crippen LogP contribution in [0.3, 0.4) is 0 Å². The van der Waals surface area contributed by atoms with E-state index in [1.165, 1.54) is 6.21 Å². The second-order valence-corrected chi connectivity index (χ2v) is 8.43. The maximum Gasteiger partial charge on any atom is 0.343 e. The van der Waals surface area contributed by atoms with Crippen LogP contribution in [-0.2, 0) is 4.79 Å². The number of carbonyl (C=O) groups excluding carboxylic acids is 2. The predicted molar refractivity (Wildman–Crippen MR) is 145 cm³/mol. The smallest absolute Gasteiger partial charge is 0.343 e. The molecule has 0 saturated carbocycles. The number of hydrogen-bond acceptors (Lipinski definition) is 5. The summed E-state index contributed by atoms with van der Waals surface area (Å²) in [6.07, 6.45) is 0.698. The fourth-order valence-corrected chi connectivity index (χ4v) is 4.02. The second kappa shape index (κ2) is 10.7. The number of hydrogen-bond donors (Lipinski definition) is 1. The van der Waals surface area contributed by atoms with Crippen LogP contribution in [0.5, 0.6) is 11.5 Å². The van der Waals surface area contributed by atoms with E-state index >= 15 is 0 Å². The summed E-state index contributed by atoms with van der Waals surface area (Å²) in [4.78, 5) is 25.4. The standard InChI is InChI=1S/C31H24N2O4/c1-21(36-28-17-9-14-22-10-6-8-16-26(22)28)30(34)33-32-20-27-25-15-7-5-11-23(25)18-19-29(27)37-31(35)24-12-3-2-4-13-24/h2-21H,1H3,(H,33,34)/b32-20-/t21-/m0/s1. The fraction of sp³-hybridized carbons (Fsp3) is 0.0645. The number of amides is 1. The molecular weight excluding hydrogens is 464 g/mol. The van der Waals surface area contributed by atoms with Gasteiger partial charge in [0.05, 0.1) is 11.8 Å². The molecule has 0 bridgehead atoms. The maximum absolute atomic E-state index is 12.7. The molecule has 5 aromatic rings. The van der Waals surface area contributed by atoms with Crippen molar-refractivity contribution in [2.45, 2.75) is 13.0 Å². The van der Waals surface area contributed by atoms with Crippen molar-refractivity contribution in [3.05, 3.63) is 120 Å². The number of fused-ring (bicyclic) bond motifs is 2. The lowest BCUT2D eigenvalue weighted by atomic mass is 10.0. The molecule has 182 valence electrons. The van der Waals surface area contributed by atoms with E-state index < -0.39 is 18.0 Å². The Kier molecular flexibility index (Phi) is 6.90. The Hall–Kier alpha value is -4.97. The highest BCUT2D eigenvalue weighted by Crippen LogP contribution is 2.28. The third-order valence-electron chi connectivity index (χ3n) is 5.93. The summed E-state index contributed by atoms with van der Waals surface area (Å²) in [6.45, 7) is 1.66. The third-order valence-corrected chi connectivity index (χ3v) is 5.93. The summed E-state index contributed by atoms with van der Waals surface area (Å²) < 4.78 is 11.6. The first-order valence-electron chi connectivity index (χ1n) is 11.9. The number of benzene rings is 5. The van der Waals surface area contributed by atoms with Crippen LogP contribution < -0.4 is 14.9 Å². The number of ether oxygens (including phenoxy) is 2. The van der Waals surface area contributed by atoms with Crippen molar-refractivity contribution in [2.24, 2.45) is 5.10 Å². The molecule has 0 aliphatic carbocycles. The molecule has 0 fully saturated rings. The molecule has 0 saturated heterocycles. The van der Waals surface area contributed by atoms with Gasteiger partial charge in [0.25, 0.3) is 5.91 Å². The highest BCUT2D eigenvalue weighted by Gasteiger charge is 2.16. The predicted octanol–water partition coefficient (Wildman–Crippen LogP) is 6.13. The number of nitrogens with one attached hydrogen (secondary N) is 1. The quantitative estimate of drug-likeness (QED) is 0.129. The van der Waals surface area contributed by atoms with Gasteiger partial charge in [-0.2, -0.15) is 5.10 Å². The van der Waals surface area contributed by atoms with E-state index in [2.05, 4.69) is 10.5 Å². The molecule has 5 rings (SSSR count). The van der Waals surface area contributed by atoms with E-state index in [0.29, 0.717) is 22.6 Å². The van der Waals surface area contributed by atoms with Crippen LogP contribution in [0.15, 0.2) is 114 Å². The van der Waals surface area contributed by atoms with Crippen LogP contribution in [0.4, 0.5) is 0 Å². The number of rotatable bonds is 7. The Morgan fingerprint density at radius 1 is 0.730 bits per heavy atom. The SMILES string of the molecule is C[C@H](Oc1cccc2ccccc12)C(=O)N/N=C\c1c(OC(=O)c2ccccc2)ccc2ccccc12. The minimum absolute atomic E-state index is 0.339. The van der Waals surface area contributed by atoms with Crippen molar-refractivity contribution in [3.63, 3.8) is 0 Å². The molecule has 1 amide bonds. The van der Waals surface area contributed by atoms with Crippen LogP contribution in [0, 0.1) is 0 Å². The molecule has 6 nitrogen and oxygen atoms in total. The van der Waals surface area contributed by atoms with Crippen molar-refractivity contribution in [3.8, 4) is 11.5 Å². The second-order valence-electron chi connectivity index (χ2n) is 8.43. The van der Waals surface area contributed by atoms with E-state index in [9.17, 15) is 9.59 Å². The lowest BCUT2D eigenvalue weighted by Crippen LogP contribution is -2.33. The molecule has 0 aliphatic heterocycles. The number of carbonyl (C=O) groups is 2. The zero-order valence-corrected chi connectivity index (χ0v) is 20.1. The van der Waals surface area contributed by atoms with Crippen LogP contribution >= 0.6 is 0 Å². The number of nitrogens with zero attached hydrogens (tertiary/aromatic N) is 1. The van der Waals surface area contributed by atoms with Gasteiger partial charge in [-0.05, 0) is 47.3 Å². The van der Waals surface area contributed by atoms with E-state index in [4.69, 9.17) is 9.47 Å². The van der Waals surface area contributed by atoms with Crippen LogP contribution in [0.2, 0.25) is 0 Å². The monoisotopic (exact) mass is 488 g/mol. The van der Waals surface area contributed by atoms with E-state index in [1.807, 2.05) is 78.9 Å². The fourth-order valence-electron chi connectivity index (χ4n) is 4.02. The van der Waals surface area contributed by atoms with Gasteiger partial charge in [0.2, 0.25) is 0 Å². The molecule has 0 aliphatic rings. The Labute approximate surface area is 214 Å². The Morgan fingerprint density at radius 3 is 2.16 bits per heavy atom. The molecule has 37 heavy (non-hydrogen) atoms. The molecule has 0 unspecified atom stereocenters. The van der Waals surface area contributed by atoms with Gasteiger partial charge in [0.1, 0.15) is 11.5 Å². The van der Waals surface area contributed by atoms with Gasteiger partial charge in [-0.25, -0.2) is 10.2 Å². The molecule has 1 atom stereocenters. The summed E-state index contributed by atoms with van der Waals surface area (Å²) >= 11 is 0. The van der Waals surface area contributed by atoms with Crippen molar-refractivity contribution in [1.82, 2.24) is 5.43 Å². The lowest BCUT2D eigenvalue weighted by Gasteiger charge is -2.15. The first-order valence-corrected chi connectivity index (χ1v) is 11.9. The minimum atomic E-state index is -0.786. The molecule has 6 heteroatoms. The van der Waals surface area contributed by atoms with E-state index in [0.717, 1.165) is 21.5 Å². The summed E-state index contributed by atoms with van der Waals surface area (Å²) in [5.41, 5.74) is 3.55. The molecule has 5 aromatic carbocycles. The van der Waals surface area contributed by atoms with E-state index in [-0.39, 0.29) is 0 Å². The van der Waals surface area contributed by atoms with Gasteiger partial charge < -0.3 is 9.47 Å². The average Bonchev–Trinajstić information content (AvgIpc) is 2.94.